The molecule has 0 saturated carbocycles. The summed E-state index contributed by atoms with van der Waals surface area (Å²) in [6.07, 6.45) is 0.111. The molecule has 0 aromatic heterocycles. The van der Waals surface area contributed by atoms with Gasteiger partial charge >= 0.3 is 0 Å². The summed E-state index contributed by atoms with van der Waals surface area (Å²) in [5.41, 5.74) is 0. The number of aliphatic carboxylic acids is 1. The quantitative estimate of drug-likeness (QED) is 0.514. The predicted molar refractivity (Wildman–Crippen MR) is 37.8 cm³/mol. The van der Waals surface area contributed by atoms with E-state index in [0.717, 1.165) is 0 Å². The Morgan fingerprint density at radius 1 is 1.30 bits per heavy atom. The van der Waals surface area contributed by atoms with Crippen LogP contribution in [0.25, 0.3) is 0 Å². The number of hydrogen-bond donors (Lipinski definition) is 2. The summed E-state index contributed by atoms with van der Waals surface area (Å²) in [4.78, 5) is 9.26. The normalized spacial score (nSPS) is 5.50. The third-order valence-corrected chi connectivity index (χ3v) is 0.289. The largest absolute Gasteiger partial charge is 0.855 e. The molecule has 5 nitrogen and oxygen atoms in total. The molecular weight excluding hydrogens is 136 g/mol. The van der Waals surface area contributed by atoms with E-state index in [1.54, 1.807) is 6.92 Å². The van der Waals surface area contributed by atoms with Gasteiger partial charge in [0.25, 0.3) is 0 Å². The number of quaternary nitrogens is 2. The van der Waals surface area contributed by atoms with Crippen LogP contribution in [-0.2, 0) is 4.79 Å². The zero-order chi connectivity index (χ0) is 6.99. The second-order valence-electron chi connectivity index (χ2n) is 1.01. The zero-order valence-electron chi connectivity index (χ0n) is 7.14. The summed E-state index contributed by atoms with van der Waals surface area (Å²) < 4.78 is 0. The molecule has 0 aromatic carbocycles. The second kappa shape index (κ2) is 23.8. The average molecular weight is 154 g/mol. The summed E-state index contributed by atoms with van der Waals surface area (Å²) in [5.74, 6) is -0.995. The summed E-state index contributed by atoms with van der Waals surface area (Å²) in [7, 11) is 0. The Bertz CT molecular complexity index is 58.9. The molecule has 0 unspecified atom stereocenters. The highest BCUT2D eigenvalue weighted by molar-refractivity contribution is 5.63. The van der Waals surface area contributed by atoms with Gasteiger partial charge in [-0.3, -0.25) is 0 Å². The van der Waals surface area contributed by atoms with Gasteiger partial charge in [-0.15, -0.1) is 6.61 Å². The maximum absolute atomic E-state index is 9.26. The Hall–Kier alpha value is -0.650. The Balaban J connectivity index is -0.0000000326. The van der Waals surface area contributed by atoms with Gasteiger partial charge in [0.05, 0.1) is 0 Å². The SMILES string of the molecule is CCC(=O)[O-].CC[O-].[NH4+].[NH4+]. The molecule has 0 radical (unpaired) electrons. The van der Waals surface area contributed by atoms with Gasteiger partial charge in [-0.2, -0.15) is 0 Å². The van der Waals surface area contributed by atoms with Crippen molar-refractivity contribution in [3.8, 4) is 0 Å². The topological polar surface area (TPSA) is 136 Å². The third kappa shape index (κ3) is 163. The van der Waals surface area contributed by atoms with Crippen LogP contribution in [-0.4, -0.2) is 12.6 Å². The second-order valence-corrected chi connectivity index (χ2v) is 1.01. The van der Waals surface area contributed by atoms with Crippen LogP contribution in [0.2, 0.25) is 0 Å². The van der Waals surface area contributed by atoms with Gasteiger partial charge in [0, 0.05) is 5.97 Å². The average Bonchev–Trinajstić information content (AvgIpc) is 1.69. The van der Waals surface area contributed by atoms with Crippen molar-refractivity contribution in [2.24, 2.45) is 0 Å². The van der Waals surface area contributed by atoms with E-state index in [1.807, 2.05) is 0 Å². The molecule has 0 atom stereocenters. The number of carbonyl (C=O) groups is 1. The van der Waals surface area contributed by atoms with E-state index in [-0.39, 0.29) is 25.3 Å². The smallest absolute Gasteiger partial charge is 0.0411 e. The van der Waals surface area contributed by atoms with Gasteiger partial charge in [-0.05, 0) is 6.42 Å². The molecule has 0 aliphatic carbocycles. The molecule has 0 bridgehead atoms. The highest BCUT2D eigenvalue weighted by Gasteiger charge is 1.65. The predicted octanol–water partition coefficient (Wildman–Crippen LogP) is -0.735. The summed E-state index contributed by atoms with van der Waals surface area (Å²) in [5, 5.41) is 18.2. The highest BCUT2D eigenvalue weighted by atomic mass is 16.4. The Morgan fingerprint density at radius 3 is 1.40 bits per heavy atom. The van der Waals surface area contributed by atoms with Gasteiger partial charge in [-0.1, -0.05) is 13.8 Å². The zero-order valence-corrected chi connectivity index (χ0v) is 7.14. The Morgan fingerprint density at radius 2 is 1.40 bits per heavy atom. The maximum Gasteiger partial charge on any atom is 0.0411 e. The monoisotopic (exact) mass is 154 g/mol. The first kappa shape index (κ1) is 22.8. The summed E-state index contributed by atoms with van der Waals surface area (Å²) in [6.45, 7) is 3.11. The van der Waals surface area contributed by atoms with Crippen molar-refractivity contribution in [1.82, 2.24) is 12.3 Å². The van der Waals surface area contributed by atoms with Crippen LogP contribution in [0.1, 0.15) is 20.3 Å². The Kier molecular flexibility index (Phi) is 54.3. The molecule has 5 heteroatoms. The molecule has 0 aliphatic heterocycles. The van der Waals surface area contributed by atoms with E-state index in [9.17, 15) is 9.90 Å². The van der Waals surface area contributed by atoms with E-state index in [4.69, 9.17) is 5.11 Å². The van der Waals surface area contributed by atoms with Crippen LogP contribution in [0, 0.1) is 0 Å². The van der Waals surface area contributed by atoms with E-state index in [2.05, 4.69) is 0 Å². The highest BCUT2D eigenvalue weighted by Crippen LogP contribution is 1.61. The summed E-state index contributed by atoms with van der Waals surface area (Å²) >= 11 is 0. The van der Waals surface area contributed by atoms with Crippen LogP contribution in [0.4, 0.5) is 0 Å². The van der Waals surface area contributed by atoms with Crippen molar-refractivity contribution in [1.29, 1.82) is 0 Å². The van der Waals surface area contributed by atoms with E-state index in [1.165, 1.54) is 6.92 Å². The molecule has 0 aromatic rings. The molecule has 66 valence electrons. The van der Waals surface area contributed by atoms with Crippen molar-refractivity contribution in [3.05, 3.63) is 0 Å². The molecule has 0 saturated heterocycles. The minimum Gasteiger partial charge on any atom is -0.855 e. The number of carboxylic acids is 1. The summed E-state index contributed by atoms with van der Waals surface area (Å²) in [6, 6.07) is 0. The minimum atomic E-state index is -0.995. The molecule has 0 aliphatic rings. The van der Waals surface area contributed by atoms with E-state index in [0.29, 0.717) is 0 Å². The fourth-order valence-corrected chi connectivity index (χ4v) is 0. The lowest BCUT2D eigenvalue weighted by Gasteiger charge is -1.87. The van der Waals surface area contributed by atoms with Crippen LogP contribution in [0.3, 0.4) is 0 Å². The van der Waals surface area contributed by atoms with E-state index >= 15 is 0 Å². The van der Waals surface area contributed by atoms with Gasteiger partial charge < -0.3 is 27.3 Å². The maximum atomic E-state index is 9.26. The van der Waals surface area contributed by atoms with Crippen molar-refractivity contribution in [3.63, 3.8) is 0 Å². The molecule has 0 rings (SSSR count). The number of carbonyl (C=O) groups excluding carboxylic acids is 1. The lowest BCUT2D eigenvalue weighted by Crippen LogP contribution is -2.19. The molecule has 0 spiro atoms. The molecule has 8 N–H and O–H groups in total. The van der Waals surface area contributed by atoms with Crippen LogP contribution in [0.15, 0.2) is 0 Å². The van der Waals surface area contributed by atoms with Crippen molar-refractivity contribution >= 4 is 5.97 Å². The molecular formula is C5H18N2O3. The lowest BCUT2D eigenvalue weighted by molar-refractivity contribution is -0.361. The molecule has 0 heterocycles. The van der Waals surface area contributed by atoms with Crippen LogP contribution in [0.5, 0.6) is 0 Å². The number of carboxylic acid groups (broad SMARTS) is 1. The molecule has 10 heavy (non-hydrogen) atoms. The standard InChI is InChI=1S/C3H6O2.C2H5O.2H3N/c1-2-3(4)5;1-2-3;;/h2H2,1H3,(H,4,5);2H2,1H3;2*1H3/q;-1;;/p+1. The molecule has 0 amide bonds. The van der Waals surface area contributed by atoms with Gasteiger partial charge in [0.2, 0.25) is 0 Å². The van der Waals surface area contributed by atoms with Gasteiger partial charge in [0.1, 0.15) is 0 Å². The Labute approximate surface area is 61.2 Å². The third-order valence-electron chi connectivity index (χ3n) is 0.289. The lowest BCUT2D eigenvalue weighted by atomic mass is 10.5. The van der Waals surface area contributed by atoms with Crippen LogP contribution < -0.4 is 22.5 Å². The fraction of sp³-hybridized carbons (Fsp3) is 0.800. The first-order chi connectivity index (χ1) is 3.68. The number of rotatable bonds is 1. The van der Waals surface area contributed by atoms with Crippen molar-refractivity contribution < 1.29 is 15.0 Å². The van der Waals surface area contributed by atoms with Crippen molar-refractivity contribution in [2.45, 2.75) is 20.3 Å². The minimum absolute atomic E-state index is 0. The van der Waals surface area contributed by atoms with Gasteiger partial charge in [0.15, 0.2) is 0 Å². The first-order valence-electron chi connectivity index (χ1n) is 2.46. The van der Waals surface area contributed by atoms with Gasteiger partial charge in [-0.25, -0.2) is 0 Å². The molecule has 0 fully saturated rings. The van der Waals surface area contributed by atoms with E-state index < -0.39 is 5.97 Å². The number of hydrogen-bond acceptors (Lipinski definition) is 3. The fourth-order valence-electron chi connectivity index (χ4n) is 0. The van der Waals surface area contributed by atoms with Crippen molar-refractivity contribution in [2.75, 3.05) is 6.61 Å². The first-order valence-corrected chi connectivity index (χ1v) is 2.46. The van der Waals surface area contributed by atoms with Crippen LogP contribution >= 0.6 is 0 Å².